The Morgan fingerprint density at radius 2 is 1.05 bits per heavy atom. The molecule has 0 N–H and O–H groups in total. The summed E-state index contributed by atoms with van der Waals surface area (Å²) in [6.07, 6.45) is 0. The zero-order chi connectivity index (χ0) is 28.7. The molecule has 8 aromatic carbocycles. The van der Waals surface area contributed by atoms with Gasteiger partial charge in [0.2, 0.25) is 0 Å². The Morgan fingerprint density at radius 3 is 1.91 bits per heavy atom. The summed E-state index contributed by atoms with van der Waals surface area (Å²) in [4.78, 5) is 0. The Balaban J connectivity index is 1.29. The first-order valence-corrected chi connectivity index (χ1v) is 15.2. The van der Waals surface area contributed by atoms with Crippen molar-refractivity contribution >= 4 is 43.1 Å². The molecule has 0 bridgehead atoms. The Kier molecular flexibility index (Phi) is 5.05. The summed E-state index contributed by atoms with van der Waals surface area (Å²) in [5.74, 6) is 0. The third-order valence-electron chi connectivity index (χ3n) is 9.82. The fourth-order valence-electron chi connectivity index (χ4n) is 7.66. The SMILES string of the molecule is CC1(C)c2cc(-c3c4ccccc4cc4c3ccc3ccccc34)ccc2-c2cc3cccc(-c4ccccc4)c3cc21. The van der Waals surface area contributed by atoms with E-state index >= 15 is 0 Å². The fourth-order valence-corrected chi connectivity index (χ4v) is 7.66. The van der Waals surface area contributed by atoms with E-state index in [4.69, 9.17) is 0 Å². The molecular formula is C43H30. The monoisotopic (exact) mass is 546 g/mol. The number of fused-ring (bicyclic) bond motifs is 8. The lowest BCUT2D eigenvalue weighted by Gasteiger charge is -2.23. The van der Waals surface area contributed by atoms with Crippen LogP contribution in [0.4, 0.5) is 0 Å². The van der Waals surface area contributed by atoms with Gasteiger partial charge in [-0.1, -0.05) is 135 Å². The van der Waals surface area contributed by atoms with E-state index in [1.54, 1.807) is 0 Å². The second-order valence-electron chi connectivity index (χ2n) is 12.5. The van der Waals surface area contributed by atoms with Crippen molar-refractivity contribution in [3.8, 4) is 33.4 Å². The van der Waals surface area contributed by atoms with Crippen LogP contribution in [0.15, 0.2) is 146 Å². The van der Waals surface area contributed by atoms with Crippen LogP contribution in [0.1, 0.15) is 25.0 Å². The van der Waals surface area contributed by atoms with Gasteiger partial charge in [-0.2, -0.15) is 0 Å². The lowest BCUT2D eigenvalue weighted by molar-refractivity contribution is 0.661. The van der Waals surface area contributed by atoms with Gasteiger partial charge in [-0.15, -0.1) is 0 Å². The first kappa shape index (κ1) is 24.4. The summed E-state index contributed by atoms with van der Waals surface area (Å²) in [6, 6.07) is 54.2. The van der Waals surface area contributed by atoms with Crippen molar-refractivity contribution in [1.29, 1.82) is 0 Å². The Labute approximate surface area is 251 Å². The second-order valence-corrected chi connectivity index (χ2v) is 12.5. The molecule has 0 unspecified atom stereocenters. The van der Waals surface area contributed by atoms with E-state index in [0.29, 0.717) is 0 Å². The smallest absolute Gasteiger partial charge is 0.0159 e. The van der Waals surface area contributed by atoms with Crippen LogP contribution in [0.5, 0.6) is 0 Å². The largest absolute Gasteiger partial charge is 0.0622 e. The summed E-state index contributed by atoms with van der Waals surface area (Å²) in [6.45, 7) is 4.79. The minimum absolute atomic E-state index is 0.119. The van der Waals surface area contributed by atoms with Crippen molar-refractivity contribution in [2.24, 2.45) is 0 Å². The average Bonchev–Trinajstić information content (AvgIpc) is 3.27. The van der Waals surface area contributed by atoms with E-state index in [1.807, 2.05) is 0 Å². The van der Waals surface area contributed by atoms with Gasteiger partial charge in [-0.05, 0) is 112 Å². The minimum atomic E-state index is -0.119. The molecule has 0 aliphatic heterocycles. The fraction of sp³-hybridized carbons (Fsp3) is 0.0698. The molecule has 0 amide bonds. The van der Waals surface area contributed by atoms with Crippen LogP contribution in [0.2, 0.25) is 0 Å². The first-order valence-electron chi connectivity index (χ1n) is 15.2. The van der Waals surface area contributed by atoms with Crippen molar-refractivity contribution < 1.29 is 0 Å². The lowest BCUT2D eigenvalue weighted by Crippen LogP contribution is -2.15. The molecule has 0 saturated heterocycles. The molecule has 1 aliphatic carbocycles. The quantitative estimate of drug-likeness (QED) is 0.149. The Hall–Kier alpha value is -5.20. The van der Waals surface area contributed by atoms with Crippen LogP contribution in [-0.4, -0.2) is 0 Å². The van der Waals surface area contributed by atoms with E-state index < -0.39 is 0 Å². The van der Waals surface area contributed by atoms with Crippen LogP contribution in [-0.2, 0) is 5.41 Å². The summed E-state index contributed by atoms with van der Waals surface area (Å²) < 4.78 is 0. The number of hydrogen-bond acceptors (Lipinski definition) is 0. The van der Waals surface area contributed by atoms with Gasteiger partial charge in [0, 0.05) is 5.41 Å². The van der Waals surface area contributed by atoms with Gasteiger partial charge >= 0.3 is 0 Å². The first-order chi connectivity index (χ1) is 21.1. The van der Waals surface area contributed by atoms with E-state index in [2.05, 4.69) is 159 Å². The Bertz CT molecular complexity index is 2410. The van der Waals surface area contributed by atoms with E-state index in [1.165, 1.54) is 87.6 Å². The molecule has 0 radical (unpaired) electrons. The molecule has 0 atom stereocenters. The molecule has 202 valence electrons. The van der Waals surface area contributed by atoms with Gasteiger partial charge in [0.15, 0.2) is 0 Å². The third kappa shape index (κ3) is 3.50. The summed E-state index contributed by atoms with van der Waals surface area (Å²) in [5.41, 5.74) is 10.6. The minimum Gasteiger partial charge on any atom is -0.0622 e. The second kappa shape index (κ2) is 8.90. The van der Waals surface area contributed by atoms with Crippen LogP contribution in [0.25, 0.3) is 76.5 Å². The molecule has 0 spiro atoms. The lowest BCUT2D eigenvalue weighted by atomic mass is 9.80. The summed E-state index contributed by atoms with van der Waals surface area (Å²) in [5, 5.41) is 10.4. The maximum Gasteiger partial charge on any atom is 0.0159 e. The van der Waals surface area contributed by atoms with Gasteiger partial charge in [-0.3, -0.25) is 0 Å². The normalized spacial score (nSPS) is 13.5. The molecule has 8 aromatic rings. The number of benzene rings is 8. The highest BCUT2D eigenvalue weighted by Crippen LogP contribution is 2.52. The topological polar surface area (TPSA) is 0 Å². The van der Waals surface area contributed by atoms with Crippen molar-refractivity contribution in [3.05, 3.63) is 157 Å². The van der Waals surface area contributed by atoms with Crippen LogP contribution in [0.3, 0.4) is 0 Å². The third-order valence-corrected chi connectivity index (χ3v) is 9.82. The molecule has 0 saturated carbocycles. The van der Waals surface area contributed by atoms with Gasteiger partial charge < -0.3 is 0 Å². The average molecular weight is 547 g/mol. The predicted octanol–water partition coefficient (Wildman–Crippen LogP) is 11.9. The summed E-state index contributed by atoms with van der Waals surface area (Å²) >= 11 is 0. The van der Waals surface area contributed by atoms with Crippen LogP contribution in [0, 0.1) is 0 Å². The van der Waals surface area contributed by atoms with Gasteiger partial charge in [0.1, 0.15) is 0 Å². The zero-order valence-electron chi connectivity index (χ0n) is 24.4. The van der Waals surface area contributed by atoms with E-state index in [9.17, 15) is 0 Å². The maximum absolute atomic E-state index is 2.48. The van der Waals surface area contributed by atoms with E-state index in [-0.39, 0.29) is 5.41 Å². The molecule has 0 aromatic heterocycles. The highest BCUT2D eigenvalue weighted by atomic mass is 14.4. The molecule has 0 fully saturated rings. The van der Waals surface area contributed by atoms with Crippen LogP contribution >= 0.6 is 0 Å². The number of hydrogen-bond donors (Lipinski definition) is 0. The van der Waals surface area contributed by atoms with Gasteiger partial charge in [0.05, 0.1) is 0 Å². The molecular weight excluding hydrogens is 516 g/mol. The Morgan fingerprint density at radius 1 is 0.349 bits per heavy atom. The van der Waals surface area contributed by atoms with Crippen molar-refractivity contribution in [2.75, 3.05) is 0 Å². The predicted molar refractivity (Wildman–Crippen MR) is 185 cm³/mol. The maximum atomic E-state index is 2.48. The summed E-state index contributed by atoms with van der Waals surface area (Å²) in [7, 11) is 0. The molecule has 43 heavy (non-hydrogen) atoms. The van der Waals surface area contributed by atoms with Crippen molar-refractivity contribution in [2.45, 2.75) is 19.3 Å². The van der Waals surface area contributed by atoms with Crippen LogP contribution < -0.4 is 0 Å². The molecule has 9 rings (SSSR count). The van der Waals surface area contributed by atoms with Crippen molar-refractivity contribution in [3.63, 3.8) is 0 Å². The van der Waals surface area contributed by atoms with Gasteiger partial charge in [0.25, 0.3) is 0 Å². The zero-order valence-corrected chi connectivity index (χ0v) is 24.4. The van der Waals surface area contributed by atoms with Crippen molar-refractivity contribution in [1.82, 2.24) is 0 Å². The standard InChI is InChI=1S/C43H30/c1-43(2)40-25-31(42-34-17-9-7-14-29(34)23-38-33-16-8-6-13-28(33)19-22-36(38)42)20-21-35(40)39-24-30-15-10-18-32(37(30)26-41(39)43)27-11-4-3-5-12-27/h3-26H,1-2H3. The van der Waals surface area contributed by atoms with Gasteiger partial charge in [-0.25, -0.2) is 0 Å². The molecule has 1 aliphatic rings. The highest BCUT2D eigenvalue weighted by molar-refractivity contribution is 6.20. The number of rotatable bonds is 2. The highest BCUT2D eigenvalue weighted by Gasteiger charge is 2.36. The molecule has 0 nitrogen and oxygen atoms in total. The molecule has 0 heterocycles. The van der Waals surface area contributed by atoms with E-state index in [0.717, 1.165) is 0 Å². The molecule has 0 heteroatoms.